The van der Waals surface area contributed by atoms with Crippen LogP contribution < -0.4 is 5.32 Å². The normalized spacial score (nSPS) is 23.0. The average molecular weight is 252 g/mol. The Balaban J connectivity index is 2.08. The number of piperazine rings is 1. The smallest absolute Gasteiger partial charge is 0.126 e. The Morgan fingerprint density at radius 1 is 1.56 bits per heavy atom. The van der Waals surface area contributed by atoms with Gasteiger partial charge in [0, 0.05) is 32.2 Å². The number of hydrogen-bond acceptors (Lipinski definition) is 3. The van der Waals surface area contributed by atoms with E-state index in [1.165, 1.54) is 0 Å². The first-order chi connectivity index (χ1) is 8.58. The molecule has 2 atom stereocenters. The number of nitrogens with zero attached hydrogens (tertiary/aromatic N) is 1. The van der Waals surface area contributed by atoms with E-state index in [9.17, 15) is 9.50 Å². The van der Waals surface area contributed by atoms with E-state index < -0.39 is 0 Å². The van der Waals surface area contributed by atoms with Crippen molar-refractivity contribution in [1.82, 2.24) is 10.2 Å². The van der Waals surface area contributed by atoms with Crippen molar-refractivity contribution in [2.45, 2.75) is 32.5 Å². The fourth-order valence-corrected chi connectivity index (χ4v) is 2.41. The van der Waals surface area contributed by atoms with Crippen LogP contribution in [0.4, 0.5) is 4.39 Å². The second-order valence-electron chi connectivity index (χ2n) is 5.07. The van der Waals surface area contributed by atoms with Crippen molar-refractivity contribution >= 4 is 0 Å². The standard InChI is InChI=1S/C14H21FN2O/c1-10-3-4-12(7-13(10)15)9-17-6-5-16-8-14(17)11(2)18/h3-4,7,11,14,16,18H,5-6,8-9H2,1-2H3/t11-,14+/m1/s1. The van der Waals surface area contributed by atoms with Gasteiger partial charge >= 0.3 is 0 Å². The van der Waals surface area contributed by atoms with Crippen molar-refractivity contribution in [2.75, 3.05) is 19.6 Å². The summed E-state index contributed by atoms with van der Waals surface area (Å²) in [6.45, 7) is 6.84. The van der Waals surface area contributed by atoms with Crippen LogP contribution >= 0.6 is 0 Å². The van der Waals surface area contributed by atoms with E-state index in [4.69, 9.17) is 0 Å². The van der Waals surface area contributed by atoms with Gasteiger partial charge in [-0.25, -0.2) is 4.39 Å². The summed E-state index contributed by atoms with van der Waals surface area (Å²) in [4.78, 5) is 2.21. The van der Waals surface area contributed by atoms with Gasteiger partial charge in [0.2, 0.25) is 0 Å². The van der Waals surface area contributed by atoms with Gasteiger partial charge in [-0.05, 0) is 31.0 Å². The van der Waals surface area contributed by atoms with Crippen LogP contribution in [0.2, 0.25) is 0 Å². The molecule has 1 saturated heterocycles. The Labute approximate surface area is 108 Å². The molecule has 3 nitrogen and oxygen atoms in total. The first-order valence-corrected chi connectivity index (χ1v) is 6.46. The van der Waals surface area contributed by atoms with E-state index in [-0.39, 0.29) is 18.0 Å². The molecule has 1 aromatic rings. The lowest BCUT2D eigenvalue weighted by molar-refractivity contribution is 0.0405. The van der Waals surface area contributed by atoms with Crippen LogP contribution in [0.25, 0.3) is 0 Å². The monoisotopic (exact) mass is 252 g/mol. The largest absolute Gasteiger partial charge is 0.392 e. The third-order valence-electron chi connectivity index (χ3n) is 3.58. The zero-order valence-electron chi connectivity index (χ0n) is 11.0. The van der Waals surface area contributed by atoms with Crippen LogP contribution in [-0.2, 0) is 6.54 Å². The minimum absolute atomic E-state index is 0.100. The highest BCUT2D eigenvalue weighted by Gasteiger charge is 2.25. The summed E-state index contributed by atoms with van der Waals surface area (Å²) in [6.07, 6.45) is -0.381. The second-order valence-corrected chi connectivity index (χ2v) is 5.07. The quantitative estimate of drug-likeness (QED) is 0.851. The van der Waals surface area contributed by atoms with Crippen LogP contribution in [0, 0.1) is 12.7 Å². The Hall–Kier alpha value is -0.970. The lowest BCUT2D eigenvalue weighted by atomic mass is 10.1. The average Bonchev–Trinajstić information content (AvgIpc) is 2.34. The van der Waals surface area contributed by atoms with Crippen LogP contribution in [0.1, 0.15) is 18.1 Å². The van der Waals surface area contributed by atoms with E-state index in [1.54, 1.807) is 19.9 Å². The Morgan fingerprint density at radius 3 is 3.00 bits per heavy atom. The van der Waals surface area contributed by atoms with Crippen LogP contribution in [-0.4, -0.2) is 41.8 Å². The van der Waals surface area contributed by atoms with E-state index in [1.807, 2.05) is 12.1 Å². The molecule has 1 aliphatic heterocycles. The molecule has 4 heteroatoms. The number of halogens is 1. The molecule has 0 spiro atoms. The van der Waals surface area contributed by atoms with Crippen molar-refractivity contribution in [3.05, 3.63) is 35.1 Å². The number of hydrogen-bond donors (Lipinski definition) is 2. The fraction of sp³-hybridized carbons (Fsp3) is 0.571. The molecule has 0 saturated carbocycles. The molecule has 1 aliphatic rings. The van der Waals surface area contributed by atoms with E-state index in [2.05, 4.69) is 10.2 Å². The SMILES string of the molecule is Cc1ccc(CN2CCNC[C@H]2[C@@H](C)O)cc1F. The first-order valence-electron chi connectivity index (χ1n) is 6.46. The lowest BCUT2D eigenvalue weighted by Crippen LogP contribution is -2.55. The number of aliphatic hydroxyl groups excluding tert-OH is 1. The molecule has 1 aromatic carbocycles. The summed E-state index contributed by atoms with van der Waals surface area (Å²) in [5.74, 6) is -0.156. The van der Waals surface area contributed by atoms with Gasteiger partial charge in [-0.3, -0.25) is 4.90 Å². The third-order valence-corrected chi connectivity index (χ3v) is 3.58. The summed E-state index contributed by atoms with van der Waals surface area (Å²) in [5.41, 5.74) is 1.64. The van der Waals surface area contributed by atoms with Crippen molar-refractivity contribution in [3.63, 3.8) is 0 Å². The maximum absolute atomic E-state index is 13.5. The molecule has 0 aliphatic carbocycles. The van der Waals surface area contributed by atoms with Gasteiger partial charge in [0.1, 0.15) is 5.82 Å². The summed E-state index contributed by atoms with van der Waals surface area (Å²) in [7, 11) is 0. The van der Waals surface area contributed by atoms with Gasteiger partial charge in [0.25, 0.3) is 0 Å². The predicted molar refractivity (Wildman–Crippen MR) is 69.9 cm³/mol. The Kier molecular flexibility index (Phi) is 4.32. The maximum Gasteiger partial charge on any atom is 0.126 e. The van der Waals surface area contributed by atoms with Crippen molar-refractivity contribution in [1.29, 1.82) is 0 Å². The summed E-state index contributed by atoms with van der Waals surface area (Å²) in [6, 6.07) is 5.46. The molecule has 2 rings (SSSR count). The molecule has 0 bridgehead atoms. The summed E-state index contributed by atoms with van der Waals surface area (Å²) < 4.78 is 13.5. The molecule has 1 fully saturated rings. The topological polar surface area (TPSA) is 35.5 Å². The van der Waals surface area contributed by atoms with E-state index >= 15 is 0 Å². The van der Waals surface area contributed by atoms with Gasteiger partial charge in [-0.15, -0.1) is 0 Å². The lowest BCUT2D eigenvalue weighted by Gasteiger charge is -2.37. The molecule has 0 radical (unpaired) electrons. The molecular weight excluding hydrogens is 231 g/mol. The molecule has 100 valence electrons. The number of aryl methyl sites for hydroxylation is 1. The molecular formula is C14H21FN2O. The molecule has 0 aromatic heterocycles. The highest BCUT2D eigenvalue weighted by Crippen LogP contribution is 2.15. The van der Waals surface area contributed by atoms with Gasteiger partial charge < -0.3 is 10.4 Å². The highest BCUT2D eigenvalue weighted by molar-refractivity contribution is 5.23. The minimum atomic E-state index is -0.381. The van der Waals surface area contributed by atoms with Crippen LogP contribution in [0.15, 0.2) is 18.2 Å². The molecule has 0 unspecified atom stereocenters. The van der Waals surface area contributed by atoms with Crippen molar-refractivity contribution < 1.29 is 9.50 Å². The number of nitrogens with one attached hydrogen (secondary N) is 1. The Morgan fingerprint density at radius 2 is 2.33 bits per heavy atom. The Bertz CT molecular complexity index is 409. The third kappa shape index (κ3) is 3.07. The molecule has 1 heterocycles. The van der Waals surface area contributed by atoms with Gasteiger partial charge in [0.15, 0.2) is 0 Å². The molecule has 0 amide bonds. The summed E-state index contributed by atoms with van der Waals surface area (Å²) in [5, 5.41) is 13.0. The zero-order valence-corrected chi connectivity index (χ0v) is 11.0. The number of rotatable bonds is 3. The van der Waals surface area contributed by atoms with Crippen LogP contribution in [0.5, 0.6) is 0 Å². The summed E-state index contributed by atoms with van der Waals surface area (Å²) >= 11 is 0. The number of benzene rings is 1. The van der Waals surface area contributed by atoms with Crippen LogP contribution in [0.3, 0.4) is 0 Å². The molecule has 2 N–H and O–H groups in total. The van der Waals surface area contributed by atoms with Crippen molar-refractivity contribution in [3.8, 4) is 0 Å². The minimum Gasteiger partial charge on any atom is -0.392 e. The van der Waals surface area contributed by atoms with Crippen molar-refractivity contribution in [2.24, 2.45) is 0 Å². The maximum atomic E-state index is 13.5. The van der Waals surface area contributed by atoms with E-state index in [0.29, 0.717) is 12.1 Å². The van der Waals surface area contributed by atoms with Gasteiger partial charge in [0.05, 0.1) is 6.10 Å². The first kappa shape index (κ1) is 13.5. The fourth-order valence-electron chi connectivity index (χ4n) is 2.41. The second kappa shape index (κ2) is 5.78. The van der Waals surface area contributed by atoms with E-state index in [0.717, 1.165) is 25.2 Å². The number of aliphatic hydroxyl groups is 1. The van der Waals surface area contributed by atoms with Gasteiger partial charge in [-0.1, -0.05) is 12.1 Å². The zero-order chi connectivity index (χ0) is 13.1. The van der Waals surface area contributed by atoms with Gasteiger partial charge in [-0.2, -0.15) is 0 Å². The highest BCUT2D eigenvalue weighted by atomic mass is 19.1. The molecule has 18 heavy (non-hydrogen) atoms. The predicted octanol–water partition coefficient (Wildman–Crippen LogP) is 1.29.